The highest BCUT2D eigenvalue weighted by Gasteiger charge is 2.31. The molecule has 15 heteroatoms. The average Bonchev–Trinajstić information content (AvgIpc) is 3.36. The Hall–Kier alpha value is -3.69. The van der Waals surface area contributed by atoms with Crippen molar-refractivity contribution in [2.24, 2.45) is 4.99 Å². The van der Waals surface area contributed by atoms with Crippen LogP contribution in [0.2, 0.25) is 0 Å². The molecule has 1 heterocycles. The summed E-state index contributed by atoms with van der Waals surface area (Å²) in [6.07, 6.45) is -5.96. The minimum atomic E-state index is -4.89. The first-order valence-electron chi connectivity index (χ1n) is 11.6. The number of hydrogen-bond donors (Lipinski definition) is 1. The molecule has 0 spiro atoms. The van der Waals surface area contributed by atoms with E-state index in [9.17, 15) is 36.3 Å². The van der Waals surface area contributed by atoms with E-state index < -0.39 is 28.2 Å². The predicted octanol–water partition coefficient (Wildman–Crippen LogP) is 2.62. The van der Waals surface area contributed by atoms with Crippen molar-refractivity contribution < 1.29 is 45.8 Å². The summed E-state index contributed by atoms with van der Waals surface area (Å²) >= 11 is 0. The number of carbonyl (C=O) groups excluding carboxylic acids is 1. The van der Waals surface area contributed by atoms with Gasteiger partial charge in [-0.3, -0.25) is 14.7 Å². The SMILES string of the molecule is CN(Cc1ccc(C2=NCCN2C(=O)O)cc1)C(=O)COCCN(C)S(=O)(=O)c1ccc(OC(F)(F)F)cc1. The number of benzene rings is 2. The summed E-state index contributed by atoms with van der Waals surface area (Å²) in [6, 6.07) is 10.8. The Morgan fingerprint density at radius 3 is 2.31 bits per heavy atom. The van der Waals surface area contributed by atoms with Crippen LogP contribution in [0.3, 0.4) is 0 Å². The molecule has 0 bridgehead atoms. The van der Waals surface area contributed by atoms with Gasteiger partial charge >= 0.3 is 12.5 Å². The van der Waals surface area contributed by atoms with Gasteiger partial charge in [0.1, 0.15) is 18.2 Å². The molecule has 0 saturated heterocycles. The number of sulfonamides is 1. The van der Waals surface area contributed by atoms with Crippen LogP contribution in [0.15, 0.2) is 58.4 Å². The summed E-state index contributed by atoms with van der Waals surface area (Å²) in [5, 5.41) is 9.25. The number of carbonyl (C=O) groups is 2. The van der Waals surface area contributed by atoms with Crippen LogP contribution in [-0.4, -0.2) is 98.8 Å². The van der Waals surface area contributed by atoms with Gasteiger partial charge < -0.3 is 19.5 Å². The molecule has 0 saturated carbocycles. The van der Waals surface area contributed by atoms with E-state index in [0.29, 0.717) is 24.5 Å². The molecule has 0 aliphatic carbocycles. The lowest BCUT2D eigenvalue weighted by Crippen LogP contribution is -2.33. The fourth-order valence-electron chi connectivity index (χ4n) is 3.58. The molecule has 3 rings (SSSR count). The van der Waals surface area contributed by atoms with Crippen molar-refractivity contribution in [3.05, 3.63) is 59.7 Å². The Morgan fingerprint density at radius 2 is 1.72 bits per heavy atom. The standard InChI is InChI=1S/C24H27F3N4O7S/c1-29(15-17-3-5-18(6-4-17)22-28-11-12-31(22)23(33)34)21(32)16-37-14-13-30(2)39(35,36)20-9-7-19(8-10-20)38-24(25,26)27/h3-10H,11-16H2,1-2H3,(H,33,34). The maximum atomic E-state index is 12.6. The minimum absolute atomic E-state index is 0.0958. The van der Waals surface area contributed by atoms with Crippen LogP contribution in [0.5, 0.6) is 5.75 Å². The summed E-state index contributed by atoms with van der Waals surface area (Å²) in [5.74, 6) is -0.507. The van der Waals surface area contributed by atoms with E-state index in [1.54, 1.807) is 31.3 Å². The van der Waals surface area contributed by atoms with Crippen molar-refractivity contribution in [3.8, 4) is 5.75 Å². The number of nitrogens with zero attached hydrogens (tertiary/aromatic N) is 4. The van der Waals surface area contributed by atoms with Crippen LogP contribution < -0.4 is 4.74 Å². The first-order chi connectivity index (χ1) is 18.3. The number of rotatable bonds is 11. The third-order valence-electron chi connectivity index (χ3n) is 5.67. The number of ether oxygens (including phenoxy) is 2. The summed E-state index contributed by atoms with van der Waals surface area (Å²) < 4.78 is 72.1. The number of aliphatic imine (C=N–C) groups is 1. The summed E-state index contributed by atoms with van der Waals surface area (Å²) in [4.78, 5) is 30.3. The molecule has 2 aromatic carbocycles. The van der Waals surface area contributed by atoms with Crippen molar-refractivity contribution in [2.45, 2.75) is 17.8 Å². The van der Waals surface area contributed by atoms with E-state index in [0.717, 1.165) is 34.1 Å². The molecule has 1 N–H and O–H groups in total. The first-order valence-corrected chi connectivity index (χ1v) is 13.0. The zero-order valence-corrected chi connectivity index (χ0v) is 21.9. The molecule has 1 aliphatic heterocycles. The van der Waals surface area contributed by atoms with Crippen LogP contribution in [0.25, 0.3) is 0 Å². The fourth-order valence-corrected chi connectivity index (χ4v) is 4.73. The first kappa shape index (κ1) is 29.9. The Morgan fingerprint density at radius 1 is 1.08 bits per heavy atom. The van der Waals surface area contributed by atoms with E-state index in [1.165, 1.54) is 16.8 Å². The van der Waals surface area contributed by atoms with E-state index >= 15 is 0 Å². The van der Waals surface area contributed by atoms with Gasteiger partial charge in [0.2, 0.25) is 15.9 Å². The summed E-state index contributed by atoms with van der Waals surface area (Å²) in [7, 11) is -1.14. The van der Waals surface area contributed by atoms with Crippen molar-refractivity contribution in [1.29, 1.82) is 0 Å². The van der Waals surface area contributed by atoms with E-state index in [1.807, 2.05) is 0 Å². The van der Waals surface area contributed by atoms with E-state index in [2.05, 4.69) is 9.73 Å². The zero-order valence-electron chi connectivity index (χ0n) is 21.1. The zero-order chi connectivity index (χ0) is 28.8. The number of amides is 2. The van der Waals surface area contributed by atoms with E-state index in [-0.39, 0.29) is 37.1 Å². The normalized spacial score (nSPS) is 13.9. The number of amidine groups is 1. The third-order valence-corrected chi connectivity index (χ3v) is 7.54. The number of alkyl halides is 3. The van der Waals surface area contributed by atoms with Crippen LogP contribution in [0.1, 0.15) is 11.1 Å². The van der Waals surface area contributed by atoms with Gasteiger partial charge in [0.15, 0.2) is 0 Å². The highest BCUT2D eigenvalue weighted by atomic mass is 32.2. The highest BCUT2D eigenvalue weighted by molar-refractivity contribution is 7.89. The molecule has 0 atom stereocenters. The van der Waals surface area contributed by atoms with Gasteiger partial charge in [-0.1, -0.05) is 24.3 Å². The van der Waals surface area contributed by atoms with Gasteiger partial charge in [-0.25, -0.2) is 13.2 Å². The molecule has 0 aromatic heterocycles. The Balaban J connectivity index is 1.44. The number of hydrogen-bond acceptors (Lipinski definition) is 7. The Labute approximate surface area is 223 Å². The number of carboxylic acid groups (broad SMARTS) is 1. The fraction of sp³-hybridized carbons (Fsp3) is 0.375. The largest absolute Gasteiger partial charge is 0.573 e. The number of likely N-dealkylation sites (N-methyl/N-ethyl adjacent to an activating group) is 2. The third kappa shape index (κ3) is 8.15. The topological polar surface area (TPSA) is 129 Å². The number of halogens is 3. The Bertz CT molecular complexity index is 1300. The monoisotopic (exact) mass is 572 g/mol. The molecular weight excluding hydrogens is 545 g/mol. The second-order valence-electron chi connectivity index (χ2n) is 8.48. The minimum Gasteiger partial charge on any atom is -0.465 e. The lowest BCUT2D eigenvalue weighted by molar-refractivity contribution is -0.274. The van der Waals surface area contributed by atoms with Gasteiger partial charge in [-0.2, -0.15) is 4.31 Å². The lowest BCUT2D eigenvalue weighted by Gasteiger charge is -2.20. The molecule has 39 heavy (non-hydrogen) atoms. The molecule has 1 aliphatic rings. The predicted molar refractivity (Wildman–Crippen MR) is 133 cm³/mol. The van der Waals surface area contributed by atoms with Crippen LogP contribution in [0.4, 0.5) is 18.0 Å². The maximum Gasteiger partial charge on any atom is 0.573 e. The summed E-state index contributed by atoms with van der Waals surface area (Å²) in [6.45, 7) is 0.478. The van der Waals surface area contributed by atoms with Gasteiger partial charge in [0.05, 0.1) is 24.6 Å². The Kier molecular flexibility index (Phi) is 9.53. The molecule has 0 fully saturated rings. The average molecular weight is 573 g/mol. The molecule has 0 unspecified atom stereocenters. The molecule has 0 radical (unpaired) electrons. The lowest BCUT2D eigenvalue weighted by atomic mass is 10.1. The maximum absolute atomic E-state index is 12.6. The quantitative estimate of drug-likeness (QED) is 0.410. The summed E-state index contributed by atoms with van der Waals surface area (Å²) in [5.41, 5.74) is 1.45. The second-order valence-corrected chi connectivity index (χ2v) is 10.5. The smallest absolute Gasteiger partial charge is 0.465 e. The molecule has 2 aromatic rings. The van der Waals surface area contributed by atoms with Gasteiger partial charge in [-0.15, -0.1) is 13.2 Å². The van der Waals surface area contributed by atoms with Gasteiger partial charge in [0.25, 0.3) is 0 Å². The van der Waals surface area contributed by atoms with Gasteiger partial charge in [0, 0.05) is 32.7 Å². The highest BCUT2D eigenvalue weighted by Crippen LogP contribution is 2.24. The van der Waals surface area contributed by atoms with Crippen LogP contribution >= 0.6 is 0 Å². The van der Waals surface area contributed by atoms with Crippen molar-refractivity contribution in [2.75, 3.05) is 46.9 Å². The second kappa shape index (κ2) is 12.4. The molecule has 2 amide bonds. The molecular formula is C24H27F3N4O7S. The van der Waals surface area contributed by atoms with Crippen LogP contribution in [-0.2, 0) is 26.1 Å². The van der Waals surface area contributed by atoms with Crippen LogP contribution in [0, 0.1) is 0 Å². The van der Waals surface area contributed by atoms with E-state index in [4.69, 9.17) is 4.74 Å². The van der Waals surface area contributed by atoms with Crippen molar-refractivity contribution >= 4 is 27.9 Å². The molecule has 212 valence electrons. The van der Waals surface area contributed by atoms with Crippen molar-refractivity contribution in [3.63, 3.8) is 0 Å². The molecule has 11 nitrogen and oxygen atoms in total. The van der Waals surface area contributed by atoms with Crippen molar-refractivity contribution in [1.82, 2.24) is 14.1 Å². The van der Waals surface area contributed by atoms with Gasteiger partial charge in [-0.05, 0) is 29.8 Å².